The Kier molecular flexibility index (Phi) is 15.2. The molecule has 0 saturated carbocycles. The lowest BCUT2D eigenvalue weighted by atomic mass is 9.91. The molecule has 296 valence electrons. The molecule has 0 saturated heterocycles. The lowest BCUT2D eigenvalue weighted by Gasteiger charge is -2.31. The van der Waals surface area contributed by atoms with Gasteiger partial charge in [-0.25, -0.2) is 4.79 Å². The van der Waals surface area contributed by atoms with Gasteiger partial charge in [0.05, 0.1) is 23.9 Å². The molecule has 13 nitrogen and oxygen atoms in total. The number of esters is 1. The van der Waals surface area contributed by atoms with Crippen molar-refractivity contribution in [1.82, 2.24) is 0 Å². The smallest absolute Gasteiger partial charge is 0.405 e. The van der Waals surface area contributed by atoms with Crippen LogP contribution >= 0.6 is 0 Å². The van der Waals surface area contributed by atoms with Gasteiger partial charge in [0.2, 0.25) is 0 Å². The molecule has 5 atom stereocenters. The molecule has 1 aliphatic heterocycles. The summed E-state index contributed by atoms with van der Waals surface area (Å²) in [6.07, 6.45) is 3.47. The number of hydrogen-bond acceptors (Lipinski definition) is 10. The van der Waals surface area contributed by atoms with Gasteiger partial charge in [0.1, 0.15) is 23.7 Å². The zero-order valence-corrected chi connectivity index (χ0v) is 32.3. The monoisotopic (exact) mass is 767 g/mol. The van der Waals surface area contributed by atoms with Gasteiger partial charge in [0.15, 0.2) is 6.10 Å². The summed E-state index contributed by atoms with van der Waals surface area (Å²) in [5, 5.41) is 28.2. The summed E-state index contributed by atoms with van der Waals surface area (Å²) < 4.78 is 23.3. The van der Waals surface area contributed by atoms with Crippen LogP contribution in [0.25, 0.3) is 6.08 Å². The van der Waals surface area contributed by atoms with Gasteiger partial charge in [0, 0.05) is 42.9 Å². The number of phenols is 2. The summed E-state index contributed by atoms with van der Waals surface area (Å²) in [6, 6.07) is 18.6. The minimum absolute atomic E-state index is 0.00664. The number of benzene rings is 3. The number of nitrogens with one attached hydrogen (secondary N) is 2. The predicted octanol–water partition coefficient (Wildman–Crippen LogP) is 6.83. The van der Waals surface area contributed by atoms with Crippen LogP contribution in [0.2, 0.25) is 0 Å². The fraction of sp³-hybridized carbons (Fsp3) is 0.302. The lowest BCUT2D eigenvalue weighted by molar-refractivity contribution is -0.158. The summed E-state index contributed by atoms with van der Waals surface area (Å²) in [5.41, 5.74) is 7.62. The van der Waals surface area contributed by atoms with Crippen LogP contribution in [0, 0.1) is 5.92 Å². The molecule has 0 aromatic heterocycles. The number of primary amides is 1. The van der Waals surface area contributed by atoms with E-state index >= 15 is 0 Å². The highest BCUT2D eigenvalue weighted by Gasteiger charge is 2.33. The summed E-state index contributed by atoms with van der Waals surface area (Å²) >= 11 is 0. The van der Waals surface area contributed by atoms with Crippen molar-refractivity contribution >= 4 is 41.3 Å². The van der Waals surface area contributed by atoms with Crippen LogP contribution in [0.15, 0.2) is 108 Å². The highest BCUT2D eigenvalue weighted by Crippen LogP contribution is 2.43. The maximum atomic E-state index is 13.5. The summed E-state index contributed by atoms with van der Waals surface area (Å²) in [5.74, 6) is -3.08. The topological polar surface area (TPSA) is 196 Å². The summed E-state index contributed by atoms with van der Waals surface area (Å²) in [6.45, 7) is 6.83. The molecule has 3 aromatic carbocycles. The third-order valence-corrected chi connectivity index (χ3v) is 9.19. The Morgan fingerprint density at radius 2 is 1.61 bits per heavy atom. The fourth-order valence-corrected chi connectivity index (χ4v) is 6.31. The number of anilines is 2. The van der Waals surface area contributed by atoms with Crippen LogP contribution in [-0.2, 0) is 35.0 Å². The van der Waals surface area contributed by atoms with Crippen molar-refractivity contribution in [3.8, 4) is 11.5 Å². The van der Waals surface area contributed by atoms with Gasteiger partial charge in [0.25, 0.3) is 11.8 Å². The van der Waals surface area contributed by atoms with Crippen LogP contribution < -0.4 is 16.4 Å². The first-order valence-electron chi connectivity index (χ1n) is 17.9. The van der Waals surface area contributed by atoms with Crippen molar-refractivity contribution < 1.29 is 48.3 Å². The molecule has 2 bridgehead atoms. The molecule has 3 aromatic rings. The Hall–Kier alpha value is -6.18. The SMILES string of the molecule is CO[C@H]1C=CC=C(C)C(=O)Nc2cc(O)c(NC(=O)c3ccccc3)c(c2O)C=C(C)C[C@H](OC)[C@@H](OC(=O)Cc2ccccc2)[C@@H](C)C=C(C)[C@@H]1OC(N)=O. The molecule has 1 aliphatic rings. The van der Waals surface area contributed by atoms with Crippen molar-refractivity contribution in [2.75, 3.05) is 24.9 Å². The number of phenolic OH excluding ortho intramolecular Hbond substituents is 2. The molecule has 0 radical (unpaired) electrons. The number of hydrogen-bond donors (Lipinski definition) is 5. The number of aromatic hydroxyl groups is 2. The molecule has 56 heavy (non-hydrogen) atoms. The van der Waals surface area contributed by atoms with E-state index in [1.807, 2.05) is 37.3 Å². The van der Waals surface area contributed by atoms with Crippen molar-refractivity contribution in [2.24, 2.45) is 11.7 Å². The maximum absolute atomic E-state index is 13.5. The van der Waals surface area contributed by atoms with Crippen LogP contribution in [0.5, 0.6) is 11.5 Å². The Bertz CT molecular complexity index is 2010. The van der Waals surface area contributed by atoms with E-state index in [2.05, 4.69) is 10.6 Å². The predicted molar refractivity (Wildman–Crippen MR) is 213 cm³/mol. The van der Waals surface area contributed by atoms with Gasteiger partial charge in [-0.2, -0.15) is 0 Å². The zero-order valence-electron chi connectivity index (χ0n) is 32.3. The first-order chi connectivity index (χ1) is 26.7. The number of methoxy groups -OCH3 is 2. The molecule has 6 N–H and O–H groups in total. The first kappa shape index (κ1) is 42.6. The van der Waals surface area contributed by atoms with Crippen molar-refractivity contribution in [3.63, 3.8) is 0 Å². The van der Waals surface area contributed by atoms with E-state index in [0.717, 1.165) is 11.6 Å². The third-order valence-electron chi connectivity index (χ3n) is 9.19. The van der Waals surface area contributed by atoms with Crippen LogP contribution in [-0.4, -0.2) is 72.7 Å². The average Bonchev–Trinajstić information content (AvgIpc) is 3.17. The number of amides is 3. The molecule has 0 spiro atoms. The normalized spacial score (nSPS) is 20.8. The number of carbonyl (C=O) groups excluding carboxylic acids is 4. The second-order valence-corrected chi connectivity index (χ2v) is 13.5. The van der Waals surface area contributed by atoms with E-state index < -0.39 is 65.7 Å². The number of nitrogens with two attached hydrogens (primary N) is 1. The number of carbonyl (C=O) groups is 4. The van der Waals surface area contributed by atoms with Crippen LogP contribution in [0.4, 0.5) is 16.2 Å². The van der Waals surface area contributed by atoms with E-state index in [9.17, 15) is 29.4 Å². The highest BCUT2D eigenvalue weighted by molar-refractivity contribution is 6.09. The Morgan fingerprint density at radius 3 is 2.23 bits per heavy atom. The molecule has 1 heterocycles. The summed E-state index contributed by atoms with van der Waals surface area (Å²) in [7, 11) is 2.89. The van der Waals surface area contributed by atoms with Crippen LogP contribution in [0.3, 0.4) is 0 Å². The number of ether oxygens (including phenoxy) is 4. The maximum Gasteiger partial charge on any atom is 0.405 e. The van der Waals surface area contributed by atoms with E-state index in [1.54, 1.807) is 62.4 Å². The number of allylic oxidation sites excluding steroid dienone is 2. The largest absolute Gasteiger partial charge is 0.506 e. The Labute approximate surface area is 326 Å². The van der Waals surface area contributed by atoms with Gasteiger partial charge in [-0.15, -0.1) is 0 Å². The lowest BCUT2D eigenvalue weighted by Crippen LogP contribution is -2.39. The molecule has 3 amide bonds. The second-order valence-electron chi connectivity index (χ2n) is 13.5. The van der Waals surface area contributed by atoms with E-state index in [4.69, 9.17) is 24.7 Å². The van der Waals surface area contributed by atoms with Gasteiger partial charge in [-0.3, -0.25) is 14.4 Å². The van der Waals surface area contributed by atoms with E-state index in [1.165, 1.54) is 33.3 Å². The molecule has 0 fully saturated rings. The average molecular weight is 768 g/mol. The standard InChI is InChI=1S/C43H49N3O10/c1-25-20-31-37(46-42(51)30-17-11-8-12-18-30)33(47)24-32(38(31)49)45-41(50)26(2)14-13-19-34(53-5)39(56-43(44)52)27(3)22-28(4)40(35(21-25)54-6)55-36(48)23-29-15-9-7-10-16-29/h7-20,22,24,28,34-35,39-40,47,49H,21,23H2,1-6H3,(H2,44,52)(H,45,50)(H,46,51)/t28-,34-,35-,39-,40-/m0/s1. The van der Waals surface area contributed by atoms with Crippen molar-refractivity contribution in [2.45, 2.75) is 65.0 Å². The molecule has 4 rings (SSSR count). The van der Waals surface area contributed by atoms with Gasteiger partial charge >= 0.3 is 12.1 Å². The Morgan fingerprint density at radius 1 is 0.946 bits per heavy atom. The molecular weight excluding hydrogens is 718 g/mol. The first-order valence-corrected chi connectivity index (χ1v) is 17.9. The van der Waals surface area contributed by atoms with Gasteiger partial charge in [-0.05, 0) is 56.5 Å². The molecule has 0 aliphatic carbocycles. The fourth-order valence-electron chi connectivity index (χ4n) is 6.31. The zero-order chi connectivity index (χ0) is 40.9. The Balaban J connectivity index is 1.88. The van der Waals surface area contributed by atoms with Crippen molar-refractivity contribution in [1.29, 1.82) is 0 Å². The van der Waals surface area contributed by atoms with Gasteiger partial charge in [-0.1, -0.05) is 85.3 Å². The molecular formula is C43H49N3O10. The molecule has 13 heteroatoms. The third kappa shape index (κ3) is 11.4. The van der Waals surface area contributed by atoms with Crippen LogP contribution in [0.1, 0.15) is 55.6 Å². The minimum Gasteiger partial charge on any atom is -0.506 e. The second kappa shape index (κ2) is 19.9. The van der Waals surface area contributed by atoms with E-state index in [0.29, 0.717) is 16.7 Å². The minimum atomic E-state index is -1.04. The number of rotatable bonds is 8. The highest BCUT2D eigenvalue weighted by atomic mass is 16.6. The van der Waals surface area contributed by atoms with Gasteiger partial charge < -0.3 is 45.5 Å². The number of fused-ring (bicyclic) bond motifs is 2. The molecule has 0 unspecified atom stereocenters. The van der Waals surface area contributed by atoms with Crippen molar-refractivity contribution in [3.05, 3.63) is 124 Å². The summed E-state index contributed by atoms with van der Waals surface area (Å²) in [4.78, 5) is 52.2. The van der Waals surface area contributed by atoms with E-state index in [-0.39, 0.29) is 35.4 Å². The quantitative estimate of drug-likeness (QED) is 0.0702.